The van der Waals surface area contributed by atoms with Crippen LogP contribution in [0.15, 0.2) is 53.5 Å². The topological polar surface area (TPSA) is 77.4 Å². The first-order valence-corrected chi connectivity index (χ1v) is 12.1. The van der Waals surface area contributed by atoms with Crippen molar-refractivity contribution >= 4 is 52.0 Å². The number of benzene rings is 2. The Hall–Kier alpha value is -2.42. The van der Waals surface area contributed by atoms with E-state index in [0.717, 1.165) is 5.56 Å². The Kier molecular flexibility index (Phi) is 6.77. The molecule has 7 nitrogen and oxygen atoms in total. The number of ether oxygens (including phenoxy) is 3. The van der Waals surface area contributed by atoms with Gasteiger partial charge in [0.05, 0.1) is 19.8 Å². The lowest BCUT2D eigenvalue weighted by molar-refractivity contribution is -0.165. The summed E-state index contributed by atoms with van der Waals surface area (Å²) >= 11 is 14.7. The van der Waals surface area contributed by atoms with Crippen molar-refractivity contribution in [1.82, 2.24) is 4.90 Å². The number of fused-ring (bicyclic) bond motifs is 1. The van der Waals surface area contributed by atoms with Crippen LogP contribution in [-0.4, -0.2) is 57.3 Å². The SMILES string of the molecule is COc1cccc(OC)c1C(Cl)=NC1(Cl)C(=O)N2[C@@H](C(=O)OCc3ccccc3)C(C)(C)S[C@@H]21. The minimum atomic E-state index is -1.67. The largest absolute Gasteiger partial charge is 0.496 e. The second-order valence-corrected chi connectivity index (χ2v) is 11.1. The van der Waals surface area contributed by atoms with Crippen LogP contribution < -0.4 is 9.47 Å². The molecule has 2 aromatic rings. The Morgan fingerprint density at radius 2 is 1.71 bits per heavy atom. The predicted octanol–water partition coefficient (Wildman–Crippen LogP) is 4.43. The minimum absolute atomic E-state index is 0.0224. The van der Waals surface area contributed by atoms with Crippen molar-refractivity contribution in [1.29, 1.82) is 0 Å². The molecule has 0 N–H and O–H groups in total. The predicted molar refractivity (Wildman–Crippen MR) is 133 cm³/mol. The van der Waals surface area contributed by atoms with E-state index in [1.54, 1.807) is 18.2 Å². The molecule has 180 valence electrons. The summed E-state index contributed by atoms with van der Waals surface area (Å²) in [6.45, 7) is 3.88. The third-order valence-electron chi connectivity index (χ3n) is 5.81. The Bertz CT molecular complexity index is 1120. The summed E-state index contributed by atoms with van der Waals surface area (Å²) < 4.78 is 15.7. The van der Waals surface area contributed by atoms with Crippen LogP contribution in [0.1, 0.15) is 25.0 Å². The van der Waals surface area contributed by atoms with E-state index in [0.29, 0.717) is 17.1 Å². The first kappa shape index (κ1) is 24.7. The third kappa shape index (κ3) is 4.12. The van der Waals surface area contributed by atoms with Gasteiger partial charge in [-0.2, -0.15) is 0 Å². The van der Waals surface area contributed by atoms with Crippen LogP contribution in [0.5, 0.6) is 11.5 Å². The van der Waals surface area contributed by atoms with Gasteiger partial charge in [-0.15, -0.1) is 11.8 Å². The number of rotatable bonds is 7. The van der Waals surface area contributed by atoms with E-state index in [1.807, 2.05) is 44.2 Å². The molecule has 2 saturated heterocycles. The number of methoxy groups -OCH3 is 2. The van der Waals surface area contributed by atoms with Gasteiger partial charge in [-0.1, -0.05) is 59.6 Å². The molecule has 34 heavy (non-hydrogen) atoms. The Labute approximate surface area is 212 Å². The van der Waals surface area contributed by atoms with Gasteiger partial charge in [-0.25, -0.2) is 9.79 Å². The third-order valence-corrected chi connectivity index (χ3v) is 8.29. The monoisotopic (exact) mass is 522 g/mol. The van der Waals surface area contributed by atoms with E-state index in [-0.39, 0.29) is 11.8 Å². The molecule has 2 fully saturated rings. The average Bonchev–Trinajstić information content (AvgIpc) is 3.11. The van der Waals surface area contributed by atoms with Gasteiger partial charge in [-0.05, 0) is 31.5 Å². The maximum Gasteiger partial charge on any atom is 0.330 e. The highest BCUT2D eigenvalue weighted by molar-refractivity contribution is 8.01. The molecule has 0 saturated carbocycles. The molecule has 4 rings (SSSR count). The molecule has 0 spiro atoms. The van der Waals surface area contributed by atoms with Crippen molar-refractivity contribution in [3.63, 3.8) is 0 Å². The maximum atomic E-state index is 13.3. The van der Waals surface area contributed by atoms with Gasteiger partial charge in [-0.3, -0.25) is 4.79 Å². The lowest BCUT2D eigenvalue weighted by Gasteiger charge is -2.47. The average molecular weight is 523 g/mol. The molecule has 0 bridgehead atoms. The fourth-order valence-electron chi connectivity index (χ4n) is 4.15. The molecule has 10 heteroatoms. The molecule has 2 heterocycles. The fourth-order valence-corrected chi connectivity index (χ4v) is 6.49. The standard InChI is InChI=1S/C24H24Cl2N2O5S/c1-23(2)18(20(29)33-13-14-9-6-5-7-10-14)28-21(30)24(26,22(28)34-23)27-19(25)17-15(31-3)11-8-12-16(17)32-4/h5-12,18,22H,13H2,1-4H3/t18-,22+,24?/m0/s1. The van der Waals surface area contributed by atoms with Crippen molar-refractivity contribution < 1.29 is 23.8 Å². The van der Waals surface area contributed by atoms with Gasteiger partial charge in [0.15, 0.2) is 0 Å². The van der Waals surface area contributed by atoms with Crippen LogP contribution in [0.2, 0.25) is 0 Å². The van der Waals surface area contributed by atoms with Gasteiger partial charge >= 0.3 is 5.97 Å². The number of hydrogen-bond donors (Lipinski definition) is 0. The van der Waals surface area contributed by atoms with Crippen LogP contribution in [-0.2, 0) is 20.9 Å². The molecule has 2 aliphatic heterocycles. The number of thioether (sulfide) groups is 1. The summed E-state index contributed by atoms with van der Waals surface area (Å²) in [5, 5.41) is -0.619. The summed E-state index contributed by atoms with van der Waals surface area (Å²) in [5.74, 6) is -0.138. The number of esters is 1. The van der Waals surface area contributed by atoms with Crippen molar-refractivity contribution in [2.24, 2.45) is 4.99 Å². The molecular weight excluding hydrogens is 499 g/mol. The number of carbonyl (C=O) groups is 2. The van der Waals surface area contributed by atoms with Crippen molar-refractivity contribution in [2.45, 2.75) is 41.6 Å². The van der Waals surface area contributed by atoms with Gasteiger partial charge in [0.25, 0.3) is 5.91 Å². The second kappa shape index (κ2) is 9.32. The second-order valence-electron chi connectivity index (χ2n) is 8.40. The lowest BCUT2D eigenvalue weighted by Crippen LogP contribution is -2.70. The molecule has 1 amide bonds. The number of halogens is 2. The number of hydrogen-bond acceptors (Lipinski definition) is 7. The van der Waals surface area contributed by atoms with E-state index in [9.17, 15) is 9.59 Å². The zero-order valence-electron chi connectivity index (χ0n) is 19.1. The first-order valence-electron chi connectivity index (χ1n) is 10.5. The molecule has 2 aromatic carbocycles. The van der Waals surface area contributed by atoms with E-state index < -0.39 is 33.0 Å². The first-order chi connectivity index (χ1) is 16.1. The Balaban J connectivity index is 1.59. The molecule has 0 aromatic heterocycles. The van der Waals surface area contributed by atoms with Crippen molar-refractivity contribution in [2.75, 3.05) is 14.2 Å². The molecule has 1 unspecified atom stereocenters. The Morgan fingerprint density at radius 1 is 1.09 bits per heavy atom. The fraction of sp³-hybridized carbons (Fsp3) is 0.375. The van der Waals surface area contributed by atoms with Crippen LogP contribution in [0.4, 0.5) is 0 Å². The Morgan fingerprint density at radius 3 is 2.29 bits per heavy atom. The van der Waals surface area contributed by atoms with Gasteiger partial charge in [0.1, 0.15) is 34.7 Å². The number of carbonyl (C=O) groups excluding carboxylic acids is 2. The zero-order chi connectivity index (χ0) is 24.7. The molecule has 3 atom stereocenters. The van der Waals surface area contributed by atoms with E-state index in [1.165, 1.54) is 30.9 Å². The number of nitrogens with zero attached hydrogens (tertiary/aromatic N) is 2. The van der Waals surface area contributed by atoms with Gasteiger partial charge in [0.2, 0.25) is 5.00 Å². The molecule has 0 radical (unpaired) electrons. The number of β-lactam (4-membered cyclic amide) rings is 1. The van der Waals surface area contributed by atoms with Crippen molar-refractivity contribution in [3.05, 3.63) is 59.7 Å². The van der Waals surface area contributed by atoms with E-state index in [4.69, 9.17) is 37.4 Å². The molecule has 2 aliphatic rings. The van der Waals surface area contributed by atoms with Gasteiger partial charge < -0.3 is 19.1 Å². The molecule has 0 aliphatic carbocycles. The number of amides is 1. The van der Waals surface area contributed by atoms with E-state index in [2.05, 4.69) is 4.99 Å². The van der Waals surface area contributed by atoms with Crippen molar-refractivity contribution in [3.8, 4) is 11.5 Å². The quantitative estimate of drug-likeness (QED) is 0.176. The normalized spacial score (nSPS) is 25.4. The van der Waals surface area contributed by atoms with Crippen LogP contribution in [0.3, 0.4) is 0 Å². The zero-order valence-corrected chi connectivity index (χ0v) is 21.4. The van der Waals surface area contributed by atoms with Gasteiger partial charge in [0, 0.05) is 4.75 Å². The maximum absolute atomic E-state index is 13.3. The van der Waals surface area contributed by atoms with Crippen LogP contribution >= 0.6 is 35.0 Å². The summed E-state index contributed by atoms with van der Waals surface area (Å²) in [7, 11) is 2.99. The lowest BCUT2D eigenvalue weighted by atomic mass is 9.95. The highest BCUT2D eigenvalue weighted by atomic mass is 35.5. The highest BCUT2D eigenvalue weighted by Crippen LogP contribution is 2.58. The smallest absolute Gasteiger partial charge is 0.330 e. The summed E-state index contributed by atoms with van der Waals surface area (Å²) in [6, 6.07) is 13.7. The summed E-state index contributed by atoms with van der Waals surface area (Å²) in [6.07, 6.45) is 0. The summed E-state index contributed by atoms with van der Waals surface area (Å²) in [4.78, 5) is 30.5. The number of alkyl halides is 1. The van der Waals surface area contributed by atoms with E-state index >= 15 is 0 Å². The minimum Gasteiger partial charge on any atom is -0.496 e. The number of aliphatic imine (C=N–C) groups is 1. The summed E-state index contributed by atoms with van der Waals surface area (Å²) in [5.41, 5.74) is 1.25. The van der Waals surface area contributed by atoms with Crippen LogP contribution in [0.25, 0.3) is 0 Å². The highest BCUT2D eigenvalue weighted by Gasteiger charge is 2.72. The van der Waals surface area contributed by atoms with Crippen LogP contribution in [0, 0.1) is 0 Å². The molecular formula is C24H24Cl2N2O5S.